The van der Waals surface area contributed by atoms with Crippen LogP contribution in [-0.2, 0) is 17.9 Å². The lowest BCUT2D eigenvalue weighted by molar-refractivity contribution is -0.121. The third kappa shape index (κ3) is 3.75. The number of nitrogens with two attached hydrogens (primary N) is 1. The Balaban J connectivity index is 2.49. The Hall–Kier alpha value is -1.29. The molecule has 0 saturated heterocycles. The number of carbonyl (C=O) groups excluding carboxylic acids is 1. The number of hydrogen-bond acceptors (Lipinski definition) is 2. The minimum absolute atomic E-state index is 0.121. The van der Waals surface area contributed by atoms with E-state index in [0.29, 0.717) is 6.54 Å². The van der Waals surface area contributed by atoms with E-state index in [4.69, 9.17) is 5.73 Å². The zero-order valence-electron chi connectivity index (χ0n) is 9.36. The van der Waals surface area contributed by atoms with Crippen LogP contribution >= 0.6 is 0 Å². The van der Waals surface area contributed by atoms with E-state index in [1.165, 1.54) is 5.56 Å². The maximum atomic E-state index is 10.9. The smallest absolute Gasteiger partial charge is 0.222 e. The van der Waals surface area contributed by atoms with Gasteiger partial charge >= 0.3 is 0 Å². The van der Waals surface area contributed by atoms with Crippen molar-refractivity contribution in [1.29, 1.82) is 0 Å². The Kier molecular flexibility index (Phi) is 4.37. The molecule has 1 amide bonds. The minimum Gasteiger partial charge on any atom is -0.369 e. The number of rotatable bonds is 6. The first-order valence-corrected chi connectivity index (χ1v) is 5.28. The van der Waals surface area contributed by atoms with Gasteiger partial charge in [0.2, 0.25) is 5.91 Å². The number of primary amides is 1. The zero-order chi connectivity index (χ0) is 11.3. The van der Waals surface area contributed by atoms with E-state index in [-0.39, 0.29) is 11.8 Å². The van der Waals surface area contributed by atoms with Gasteiger partial charge in [-0.1, -0.05) is 13.8 Å². The first-order chi connectivity index (χ1) is 7.13. The van der Waals surface area contributed by atoms with E-state index in [9.17, 15) is 4.79 Å². The topological polar surface area (TPSA) is 60.1 Å². The molecule has 1 aromatic heterocycles. The monoisotopic (exact) mass is 209 g/mol. The normalized spacial score (nSPS) is 12.7. The molecule has 15 heavy (non-hydrogen) atoms. The molecule has 0 fully saturated rings. The number of amides is 1. The van der Waals surface area contributed by atoms with E-state index >= 15 is 0 Å². The molecule has 3 N–H and O–H groups in total. The van der Waals surface area contributed by atoms with E-state index in [1.54, 1.807) is 0 Å². The molecule has 0 aliphatic heterocycles. The van der Waals surface area contributed by atoms with Crippen molar-refractivity contribution in [1.82, 2.24) is 9.88 Å². The van der Waals surface area contributed by atoms with Crippen LogP contribution in [0.15, 0.2) is 18.5 Å². The van der Waals surface area contributed by atoms with Crippen LogP contribution in [0.2, 0.25) is 0 Å². The van der Waals surface area contributed by atoms with Gasteiger partial charge in [-0.15, -0.1) is 0 Å². The van der Waals surface area contributed by atoms with Gasteiger partial charge < -0.3 is 15.6 Å². The van der Waals surface area contributed by atoms with Crippen molar-refractivity contribution >= 4 is 5.91 Å². The fourth-order valence-electron chi connectivity index (χ4n) is 1.38. The Bertz CT molecular complexity index is 319. The van der Waals surface area contributed by atoms with E-state index in [0.717, 1.165) is 13.1 Å². The Morgan fingerprint density at radius 2 is 2.40 bits per heavy atom. The van der Waals surface area contributed by atoms with Crippen LogP contribution in [0.3, 0.4) is 0 Å². The summed E-state index contributed by atoms with van der Waals surface area (Å²) in [7, 11) is 0. The van der Waals surface area contributed by atoms with Crippen molar-refractivity contribution in [2.45, 2.75) is 26.9 Å². The summed E-state index contributed by atoms with van der Waals surface area (Å²) in [5.41, 5.74) is 6.44. The van der Waals surface area contributed by atoms with Crippen molar-refractivity contribution in [3.8, 4) is 0 Å². The third-order valence-electron chi connectivity index (χ3n) is 2.36. The molecule has 1 aromatic rings. The second kappa shape index (κ2) is 5.56. The van der Waals surface area contributed by atoms with Gasteiger partial charge in [0.25, 0.3) is 0 Å². The molecule has 0 radical (unpaired) electrons. The summed E-state index contributed by atoms with van der Waals surface area (Å²) in [6.07, 6.45) is 4.02. The summed E-state index contributed by atoms with van der Waals surface area (Å²) >= 11 is 0. The fourth-order valence-corrected chi connectivity index (χ4v) is 1.38. The van der Waals surface area contributed by atoms with Crippen LogP contribution in [-0.4, -0.2) is 17.0 Å². The highest BCUT2D eigenvalue weighted by molar-refractivity contribution is 5.76. The first kappa shape index (κ1) is 11.8. The van der Waals surface area contributed by atoms with Gasteiger partial charge in [0.05, 0.1) is 5.92 Å². The molecule has 4 heteroatoms. The standard InChI is InChI=1S/C11H19N3O/c1-3-13-6-10-4-5-14(8-10)7-9(2)11(12)15/h4-5,8-9,13H,3,6-7H2,1-2H3,(H2,12,15). The SMILES string of the molecule is CCNCc1ccn(CC(C)C(N)=O)c1. The number of nitrogens with one attached hydrogen (secondary N) is 1. The summed E-state index contributed by atoms with van der Waals surface area (Å²) in [4.78, 5) is 10.9. The molecule has 0 saturated carbocycles. The lowest BCUT2D eigenvalue weighted by Crippen LogP contribution is -2.24. The number of carbonyl (C=O) groups is 1. The van der Waals surface area contributed by atoms with Gasteiger partial charge in [0, 0.05) is 25.5 Å². The van der Waals surface area contributed by atoms with Crippen molar-refractivity contribution in [3.63, 3.8) is 0 Å². The molecule has 1 heterocycles. The Morgan fingerprint density at radius 1 is 1.67 bits per heavy atom. The van der Waals surface area contributed by atoms with E-state index in [1.807, 2.05) is 23.9 Å². The van der Waals surface area contributed by atoms with Crippen molar-refractivity contribution < 1.29 is 4.79 Å². The average Bonchev–Trinajstić information content (AvgIpc) is 2.62. The maximum absolute atomic E-state index is 10.9. The molecule has 0 bridgehead atoms. The molecule has 1 rings (SSSR count). The highest BCUT2D eigenvalue weighted by Crippen LogP contribution is 2.05. The third-order valence-corrected chi connectivity index (χ3v) is 2.36. The van der Waals surface area contributed by atoms with Gasteiger partial charge in [0.1, 0.15) is 0 Å². The predicted octanol–water partition coefficient (Wildman–Crippen LogP) is 0.719. The van der Waals surface area contributed by atoms with E-state index < -0.39 is 0 Å². The maximum Gasteiger partial charge on any atom is 0.222 e. The van der Waals surface area contributed by atoms with Gasteiger partial charge in [-0.2, -0.15) is 0 Å². The van der Waals surface area contributed by atoms with Gasteiger partial charge in [-0.25, -0.2) is 0 Å². The van der Waals surface area contributed by atoms with E-state index in [2.05, 4.69) is 18.3 Å². The van der Waals surface area contributed by atoms with Gasteiger partial charge in [0.15, 0.2) is 0 Å². The second-order valence-electron chi connectivity index (χ2n) is 3.80. The van der Waals surface area contributed by atoms with Crippen molar-refractivity contribution in [2.24, 2.45) is 11.7 Å². The molecule has 1 atom stereocenters. The molecular formula is C11H19N3O. The summed E-state index contributed by atoms with van der Waals surface area (Å²) in [6.45, 7) is 6.40. The second-order valence-corrected chi connectivity index (χ2v) is 3.80. The largest absolute Gasteiger partial charge is 0.369 e. The fraction of sp³-hybridized carbons (Fsp3) is 0.545. The molecule has 84 valence electrons. The lowest BCUT2D eigenvalue weighted by Gasteiger charge is -2.07. The summed E-state index contributed by atoms with van der Waals surface area (Å²) in [5.74, 6) is -0.374. The molecule has 0 aliphatic rings. The summed E-state index contributed by atoms with van der Waals surface area (Å²) in [5, 5.41) is 3.25. The summed E-state index contributed by atoms with van der Waals surface area (Å²) < 4.78 is 2.00. The predicted molar refractivity (Wildman–Crippen MR) is 60.2 cm³/mol. The average molecular weight is 209 g/mol. The molecule has 0 aliphatic carbocycles. The van der Waals surface area contributed by atoms with Crippen LogP contribution in [0.25, 0.3) is 0 Å². The first-order valence-electron chi connectivity index (χ1n) is 5.28. The van der Waals surface area contributed by atoms with Crippen LogP contribution in [0.5, 0.6) is 0 Å². The highest BCUT2D eigenvalue weighted by Gasteiger charge is 2.08. The number of nitrogens with zero attached hydrogens (tertiary/aromatic N) is 1. The molecule has 1 unspecified atom stereocenters. The molecule has 0 aromatic carbocycles. The van der Waals surface area contributed by atoms with Crippen LogP contribution in [0.1, 0.15) is 19.4 Å². The van der Waals surface area contributed by atoms with Crippen molar-refractivity contribution in [2.75, 3.05) is 6.54 Å². The number of hydrogen-bond donors (Lipinski definition) is 2. The van der Waals surface area contributed by atoms with Gasteiger partial charge in [-0.3, -0.25) is 4.79 Å². The molecule has 4 nitrogen and oxygen atoms in total. The Labute approximate surface area is 90.5 Å². The minimum atomic E-state index is -0.253. The quantitative estimate of drug-likeness (QED) is 0.725. The van der Waals surface area contributed by atoms with Crippen LogP contribution in [0, 0.1) is 5.92 Å². The van der Waals surface area contributed by atoms with Crippen LogP contribution < -0.4 is 11.1 Å². The molecular weight excluding hydrogens is 190 g/mol. The zero-order valence-corrected chi connectivity index (χ0v) is 9.36. The van der Waals surface area contributed by atoms with Crippen molar-refractivity contribution in [3.05, 3.63) is 24.0 Å². The lowest BCUT2D eigenvalue weighted by atomic mass is 10.2. The summed E-state index contributed by atoms with van der Waals surface area (Å²) in [6, 6.07) is 2.05. The van der Waals surface area contributed by atoms with Crippen LogP contribution in [0.4, 0.5) is 0 Å². The number of aromatic nitrogens is 1. The molecule has 0 spiro atoms. The van der Waals surface area contributed by atoms with Gasteiger partial charge in [-0.05, 0) is 18.2 Å². The highest BCUT2D eigenvalue weighted by atomic mass is 16.1. The Morgan fingerprint density at radius 3 is 3.00 bits per heavy atom.